The monoisotopic (exact) mass is 279 g/mol. The Morgan fingerprint density at radius 2 is 1.70 bits per heavy atom. The van der Waals surface area contributed by atoms with Gasteiger partial charge in [-0.2, -0.15) is 0 Å². The zero-order valence-corrected chi connectivity index (χ0v) is 13.7. The molecular weight excluding hydrogens is 250 g/mol. The van der Waals surface area contributed by atoms with E-state index < -0.39 is 6.10 Å². The molecular formula is C17H29NO2. The SMILES string of the molecule is COCCCNC(C)C(O)c1c(C)c(C)cc(C)c1C. The number of ether oxygens (including phenoxy) is 1. The van der Waals surface area contributed by atoms with Gasteiger partial charge in [-0.1, -0.05) is 6.07 Å². The van der Waals surface area contributed by atoms with Crippen LogP contribution in [0, 0.1) is 27.7 Å². The van der Waals surface area contributed by atoms with Gasteiger partial charge in [-0.15, -0.1) is 0 Å². The van der Waals surface area contributed by atoms with E-state index in [4.69, 9.17) is 4.74 Å². The van der Waals surface area contributed by atoms with Crippen molar-refractivity contribution in [3.63, 3.8) is 0 Å². The van der Waals surface area contributed by atoms with Crippen molar-refractivity contribution in [2.75, 3.05) is 20.3 Å². The van der Waals surface area contributed by atoms with E-state index >= 15 is 0 Å². The first-order chi connectivity index (χ1) is 9.40. The van der Waals surface area contributed by atoms with Crippen LogP contribution in [0.25, 0.3) is 0 Å². The lowest BCUT2D eigenvalue weighted by Gasteiger charge is -2.25. The van der Waals surface area contributed by atoms with Gasteiger partial charge in [-0.05, 0) is 75.4 Å². The number of aliphatic hydroxyl groups is 1. The van der Waals surface area contributed by atoms with E-state index in [9.17, 15) is 5.11 Å². The van der Waals surface area contributed by atoms with E-state index in [1.807, 2.05) is 6.92 Å². The zero-order valence-electron chi connectivity index (χ0n) is 13.7. The fourth-order valence-electron chi connectivity index (χ4n) is 2.60. The summed E-state index contributed by atoms with van der Waals surface area (Å²) >= 11 is 0. The third-order valence-corrected chi connectivity index (χ3v) is 4.18. The zero-order chi connectivity index (χ0) is 15.3. The van der Waals surface area contributed by atoms with Crippen molar-refractivity contribution in [2.45, 2.75) is 53.2 Å². The fraction of sp³-hybridized carbons (Fsp3) is 0.647. The molecule has 114 valence electrons. The molecule has 0 aliphatic rings. The molecule has 0 saturated carbocycles. The molecule has 0 aliphatic carbocycles. The van der Waals surface area contributed by atoms with E-state index in [-0.39, 0.29) is 6.04 Å². The minimum absolute atomic E-state index is 0.0328. The van der Waals surface area contributed by atoms with Crippen molar-refractivity contribution in [2.24, 2.45) is 0 Å². The van der Waals surface area contributed by atoms with Gasteiger partial charge in [0, 0.05) is 19.8 Å². The second-order valence-corrected chi connectivity index (χ2v) is 5.71. The fourth-order valence-corrected chi connectivity index (χ4v) is 2.60. The van der Waals surface area contributed by atoms with Crippen molar-refractivity contribution < 1.29 is 9.84 Å². The maximum atomic E-state index is 10.7. The maximum Gasteiger partial charge on any atom is 0.0945 e. The Hall–Kier alpha value is -0.900. The van der Waals surface area contributed by atoms with E-state index in [1.54, 1.807) is 7.11 Å². The Morgan fingerprint density at radius 3 is 2.20 bits per heavy atom. The molecule has 0 aliphatic heterocycles. The van der Waals surface area contributed by atoms with Crippen LogP contribution in [-0.4, -0.2) is 31.4 Å². The average molecular weight is 279 g/mol. The first-order valence-electron chi connectivity index (χ1n) is 7.37. The molecule has 0 saturated heterocycles. The highest BCUT2D eigenvalue weighted by molar-refractivity contribution is 5.45. The summed E-state index contributed by atoms with van der Waals surface area (Å²) in [5.41, 5.74) is 5.97. The molecule has 1 aromatic carbocycles. The van der Waals surface area contributed by atoms with Crippen LogP contribution in [0.15, 0.2) is 6.07 Å². The molecule has 2 atom stereocenters. The van der Waals surface area contributed by atoms with Crippen molar-refractivity contribution in [3.05, 3.63) is 33.9 Å². The molecule has 0 aromatic heterocycles. The van der Waals surface area contributed by atoms with Crippen LogP contribution in [0.1, 0.15) is 47.3 Å². The summed E-state index contributed by atoms with van der Waals surface area (Å²) in [5.74, 6) is 0. The van der Waals surface area contributed by atoms with E-state index in [0.717, 1.165) is 25.1 Å². The minimum atomic E-state index is -0.476. The number of benzene rings is 1. The van der Waals surface area contributed by atoms with Crippen LogP contribution in [0.3, 0.4) is 0 Å². The number of nitrogens with one attached hydrogen (secondary N) is 1. The van der Waals surface area contributed by atoms with Gasteiger partial charge in [0.15, 0.2) is 0 Å². The Morgan fingerprint density at radius 1 is 1.15 bits per heavy atom. The third-order valence-electron chi connectivity index (χ3n) is 4.18. The highest BCUT2D eigenvalue weighted by Crippen LogP contribution is 2.29. The summed E-state index contributed by atoms with van der Waals surface area (Å²) in [5, 5.41) is 14.0. The van der Waals surface area contributed by atoms with Crippen LogP contribution in [-0.2, 0) is 4.74 Å². The van der Waals surface area contributed by atoms with E-state index in [2.05, 4.69) is 39.1 Å². The topological polar surface area (TPSA) is 41.5 Å². The molecule has 0 amide bonds. The second-order valence-electron chi connectivity index (χ2n) is 5.71. The summed E-state index contributed by atoms with van der Waals surface area (Å²) in [7, 11) is 1.71. The lowest BCUT2D eigenvalue weighted by molar-refractivity contribution is 0.131. The Bertz CT molecular complexity index is 417. The molecule has 20 heavy (non-hydrogen) atoms. The first-order valence-corrected chi connectivity index (χ1v) is 7.37. The molecule has 1 aromatic rings. The van der Waals surface area contributed by atoms with Crippen molar-refractivity contribution in [1.29, 1.82) is 0 Å². The third kappa shape index (κ3) is 4.05. The Labute approximate surface area is 123 Å². The lowest BCUT2D eigenvalue weighted by atomic mass is 9.88. The molecule has 3 heteroatoms. The summed E-state index contributed by atoms with van der Waals surface area (Å²) < 4.78 is 5.04. The van der Waals surface area contributed by atoms with Gasteiger partial charge < -0.3 is 15.2 Å². The van der Waals surface area contributed by atoms with E-state index in [1.165, 1.54) is 22.3 Å². The Balaban J connectivity index is 2.83. The van der Waals surface area contributed by atoms with Gasteiger partial charge in [0.2, 0.25) is 0 Å². The van der Waals surface area contributed by atoms with Gasteiger partial charge in [-0.3, -0.25) is 0 Å². The van der Waals surface area contributed by atoms with E-state index in [0.29, 0.717) is 0 Å². The molecule has 2 N–H and O–H groups in total. The summed E-state index contributed by atoms with van der Waals surface area (Å²) in [6.07, 6.45) is 0.481. The van der Waals surface area contributed by atoms with Gasteiger partial charge in [-0.25, -0.2) is 0 Å². The molecule has 0 fully saturated rings. The number of aryl methyl sites for hydroxylation is 2. The molecule has 0 heterocycles. The minimum Gasteiger partial charge on any atom is -0.387 e. The highest BCUT2D eigenvalue weighted by atomic mass is 16.5. The van der Waals surface area contributed by atoms with Crippen LogP contribution in [0.4, 0.5) is 0 Å². The van der Waals surface area contributed by atoms with Gasteiger partial charge in [0.25, 0.3) is 0 Å². The standard InChI is InChI=1S/C17H29NO2/c1-11-10-12(2)14(4)16(13(11)3)17(19)15(5)18-8-7-9-20-6/h10,15,17-19H,7-9H2,1-6H3. The normalized spacial score (nSPS) is 14.3. The van der Waals surface area contributed by atoms with Crippen LogP contribution in [0.5, 0.6) is 0 Å². The number of rotatable bonds is 7. The highest BCUT2D eigenvalue weighted by Gasteiger charge is 2.21. The molecule has 3 nitrogen and oxygen atoms in total. The van der Waals surface area contributed by atoms with Gasteiger partial charge in [0.05, 0.1) is 6.10 Å². The molecule has 2 unspecified atom stereocenters. The van der Waals surface area contributed by atoms with Gasteiger partial charge in [0.1, 0.15) is 0 Å². The summed E-state index contributed by atoms with van der Waals surface area (Å²) in [6, 6.07) is 2.22. The summed E-state index contributed by atoms with van der Waals surface area (Å²) in [6.45, 7) is 12.0. The molecule has 0 spiro atoms. The van der Waals surface area contributed by atoms with Crippen molar-refractivity contribution in [3.8, 4) is 0 Å². The Kier molecular flexibility index (Phi) is 6.66. The number of hydrogen-bond acceptors (Lipinski definition) is 3. The molecule has 0 radical (unpaired) electrons. The second kappa shape index (κ2) is 7.77. The molecule has 1 rings (SSSR count). The average Bonchev–Trinajstić information content (AvgIpc) is 2.41. The largest absolute Gasteiger partial charge is 0.387 e. The van der Waals surface area contributed by atoms with Crippen molar-refractivity contribution in [1.82, 2.24) is 5.32 Å². The predicted molar refractivity (Wildman–Crippen MR) is 84.3 cm³/mol. The molecule has 0 bridgehead atoms. The number of methoxy groups -OCH3 is 1. The first kappa shape index (κ1) is 17.2. The van der Waals surface area contributed by atoms with Gasteiger partial charge >= 0.3 is 0 Å². The summed E-state index contributed by atoms with van der Waals surface area (Å²) in [4.78, 5) is 0. The van der Waals surface area contributed by atoms with Crippen LogP contribution >= 0.6 is 0 Å². The quantitative estimate of drug-likeness (QED) is 0.754. The number of aliphatic hydroxyl groups excluding tert-OH is 1. The van der Waals surface area contributed by atoms with Crippen LogP contribution in [0.2, 0.25) is 0 Å². The smallest absolute Gasteiger partial charge is 0.0945 e. The number of hydrogen-bond donors (Lipinski definition) is 2. The lowest BCUT2D eigenvalue weighted by Crippen LogP contribution is -2.34. The van der Waals surface area contributed by atoms with Crippen LogP contribution < -0.4 is 5.32 Å². The maximum absolute atomic E-state index is 10.7. The van der Waals surface area contributed by atoms with Crippen molar-refractivity contribution >= 4 is 0 Å². The predicted octanol–water partition coefficient (Wildman–Crippen LogP) is 2.97.